The lowest BCUT2D eigenvalue weighted by Gasteiger charge is -2.19. The molecular weight excluding hydrogens is 420 g/mol. The Kier molecular flexibility index (Phi) is 4.74. The minimum atomic E-state index is 0.0144. The molecule has 2 N–H and O–H groups in total. The molecule has 3 rings (SSSR count). The van der Waals surface area contributed by atoms with Gasteiger partial charge in [-0.1, -0.05) is 30.3 Å². The number of phenolic OH excluding ortho intramolecular Hbond substituents is 2. The van der Waals surface area contributed by atoms with Gasteiger partial charge in [0.15, 0.2) is 0 Å². The Hall–Kier alpha value is -1.78. The molecule has 0 spiro atoms. The van der Waals surface area contributed by atoms with Gasteiger partial charge in [-0.2, -0.15) is 0 Å². The molecule has 0 aliphatic carbocycles. The van der Waals surface area contributed by atoms with Gasteiger partial charge in [-0.3, -0.25) is 0 Å². The van der Waals surface area contributed by atoms with Crippen molar-refractivity contribution in [3.05, 3.63) is 92.4 Å². The van der Waals surface area contributed by atoms with Crippen molar-refractivity contribution in [1.29, 1.82) is 0 Å². The minimum absolute atomic E-state index is 0.0144. The van der Waals surface area contributed by atoms with E-state index in [2.05, 4.69) is 44.0 Å². The first kappa shape index (κ1) is 16.1. The average molecular weight is 434 g/mol. The van der Waals surface area contributed by atoms with Crippen molar-refractivity contribution in [1.82, 2.24) is 0 Å². The lowest BCUT2D eigenvalue weighted by Crippen LogP contribution is -2.03. The number of rotatable bonds is 3. The molecule has 2 nitrogen and oxygen atoms in total. The van der Waals surface area contributed by atoms with Crippen LogP contribution in [0.5, 0.6) is 11.5 Å². The molecule has 0 fully saturated rings. The molecule has 0 heterocycles. The third kappa shape index (κ3) is 3.59. The predicted octanol–water partition coefficient (Wildman–Crippen LogP) is 5.80. The Morgan fingerprint density at radius 1 is 0.565 bits per heavy atom. The highest BCUT2D eigenvalue weighted by molar-refractivity contribution is 9.13. The molecule has 4 heteroatoms. The molecular formula is C19H14Br2O2. The summed E-state index contributed by atoms with van der Waals surface area (Å²) in [5.74, 6) is 0.506. The molecule has 0 amide bonds. The van der Waals surface area contributed by atoms with Crippen LogP contribution in [-0.4, -0.2) is 10.2 Å². The maximum Gasteiger partial charge on any atom is 0.115 e. The normalized spacial score (nSPS) is 10.9. The van der Waals surface area contributed by atoms with Crippen LogP contribution in [0.2, 0.25) is 0 Å². The third-order valence-corrected chi connectivity index (χ3v) is 5.61. The van der Waals surface area contributed by atoms with Crippen LogP contribution in [0.15, 0.2) is 75.7 Å². The number of phenols is 2. The van der Waals surface area contributed by atoms with Gasteiger partial charge in [0.1, 0.15) is 11.5 Å². The highest BCUT2D eigenvalue weighted by Gasteiger charge is 2.17. The smallest absolute Gasteiger partial charge is 0.115 e. The van der Waals surface area contributed by atoms with Gasteiger partial charge in [-0.05, 0) is 84.9 Å². The Morgan fingerprint density at radius 3 is 1.43 bits per heavy atom. The summed E-state index contributed by atoms with van der Waals surface area (Å²) in [6, 6.07) is 20.6. The van der Waals surface area contributed by atoms with E-state index >= 15 is 0 Å². The fraction of sp³-hybridized carbons (Fsp3) is 0.0526. The fourth-order valence-corrected chi connectivity index (χ4v) is 3.25. The molecule has 23 heavy (non-hydrogen) atoms. The zero-order valence-corrected chi connectivity index (χ0v) is 15.3. The maximum absolute atomic E-state index is 9.55. The van der Waals surface area contributed by atoms with Crippen LogP contribution in [0.3, 0.4) is 0 Å². The van der Waals surface area contributed by atoms with Gasteiger partial charge in [0.05, 0.1) is 0 Å². The molecule has 0 unspecified atom stereocenters. The lowest BCUT2D eigenvalue weighted by atomic mass is 9.85. The van der Waals surface area contributed by atoms with E-state index in [0.29, 0.717) is 0 Å². The maximum atomic E-state index is 9.55. The van der Waals surface area contributed by atoms with Crippen LogP contribution in [0.4, 0.5) is 0 Å². The van der Waals surface area contributed by atoms with Gasteiger partial charge >= 0.3 is 0 Å². The summed E-state index contributed by atoms with van der Waals surface area (Å²) in [6.07, 6.45) is 0. The molecule has 116 valence electrons. The minimum Gasteiger partial charge on any atom is -0.508 e. The third-order valence-electron chi connectivity index (χ3n) is 3.73. The van der Waals surface area contributed by atoms with Crippen molar-refractivity contribution in [3.63, 3.8) is 0 Å². The van der Waals surface area contributed by atoms with Gasteiger partial charge in [0.2, 0.25) is 0 Å². The summed E-state index contributed by atoms with van der Waals surface area (Å²) in [5.41, 5.74) is 3.27. The molecule has 0 atom stereocenters. The first-order valence-corrected chi connectivity index (χ1v) is 8.66. The summed E-state index contributed by atoms with van der Waals surface area (Å²) in [4.78, 5) is 0. The van der Waals surface area contributed by atoms with E-state index in [1.807, 2.05) is 30.3 Å². The number of benzene rings is 3. The average Bonchev–Trinajstić information content (AvgIpc) is 2.55. The summed E-state index contributed by atoms with van der Waals surface area (Å²) in [6.45, 7) is 0. The monoisotopic (exact) mass is 432 g/mol. The summed E-state index contributed by atoms with van der Waals surface area (Å²) in [7, 11) is 0. The SMILES string of the molecule is Oc1ccc(C(c2ccc(O)cc2)c2ccc(Br)c(Br)c2)cc1. The Bertz CT molecular complexity index is 766. The molecule has 0 bridgehead atoms. The van der Waals surface area contributed by atoms with Crippen LogP contribution in [-0.2, 0) is 0 Å². The number of hydrogen-bond acceptors (Lipinski definition) is 2. The zero-order valence-electron chi connectivity index (χ0n) is 12.1. The van der Waals surface area contributed by atoms with Gasteiger partial charge in [0.25, 0.3) is 0 Å². The Balaban J connectivity index is 2.14. The predicted molar refractivity (Wildman–Crippen MR) is 99.0 cm³/mol. The molecule has 0 aliphatic rings. The standard InChI is InChI=1S/C19H14Br2O2/c20-17-10-5-14(11-18(17)21)19(12-1-6-15(22)7-2-12)13-3-8-16(23)9-4-13/h1-11,19,22-23H. The Labute approximate surface area is 151 Å². The first-order valence-electron chi connectivity index (χ1n) is 7.07. The van der Waals surface area contributed by atoms with Crippen molar-refractivity contribution in [2.24, 2.45) is 0 Å². The van der Waals surface area contributed by atoms with Crippen molar-refractivity contribution in [2.45, 2.75) is 5.92 Å². The van der Waals surface area contributed by atoms with E-state index in [0.717, 1.165) is 25.6 Å². The van der Waals surface area contributed by atoms with Crippen molar-refractivity contribution < 1.29 is 10.2 Å². The van der Waals surface area contributed by atoms with Crippen molar-refractivity contribution >= 4 is 31.9 Å². The Morgan fingerprint density at radius 2 is 1.00 bits per heavy atom. The number of halogens is 2. The molecule has 0 aliphatic heterocycles. The fourth-order valence-electron chi connectivity index (χ4n) is 2.60. The second kappa shape index (κ2) is 6.77. The molecule has 0 aromatic heterocycles. The van der Waals surface area contributed by atoms with Gasteiger partial charge in [-0.25, -0.2) is 0 Å². The molecule has 0 saturated carbocycles. The van der Waals surface area contributed by atoms with E-state index in [9.17, 15) is 10.2 Å². The second-order valence-electron chi connectivity index (χ2n) is 5.29. The topological polar surface area (TPSA) is 40.5 Å². The summed E-state index contributed by atoms with van der Waals surface area (Å²) >= 11 is 7.05. The summed E-state index contributed by atoms with van der Waals surface area (Å²) in [5, 5.41) is 19.1. The number of aromatic hydroxyl groups is 2. The van der Waals surface area contributed by atoms with Gasteiger partial charge in [-0.15, -0.1) is 0 Å². The molecule has 3 aromatic rings. The van der Waals surface area contributed by atoms with E-state index in [4.69, 9.17) is 0 Å². The van der Waals surface area contributed by atoms with E-state index in [-0.39, 0.29) is 17.4 Å². The van der Waals surface area contributed by atoms with E-state index in [1.54, 1.807) is 24.3 Å². The van der Waals surface area contributed by atoms with Gasteiger partial charge < -0.3 is 10.2 Å². The molecule has 3 aromatic carbocycles. The van der Waals surface area contributed by atoms with Crippen LogP contribution in [0.1, 0.15) is 22.6 Å². The summed E-state index contributed by atoms with van der Waals surface area (Å²) < 4.78 is 1.98. The van der Waals surface area contributed by atoms with Crippen LogP contribution in [0.25, 0.3) is 0 Å². The zero-order chi connectivity index (χ0) is 16.4. The largest absolute Gasteiger partial charge is 0.508 e. The number of hydrogen-bond donors (Lipinski definition) is 2. The van der Waals surface area contributed by atoms with E-state index in [1.165, 1.54) is 0 Å². The highest BCUT2D eigenvalue weighted by atomic mass is 79.9. The molecule has 0 radical (unpaired) electrons. The molecule has 0 saturated heterocycles. The lowest BCUT2D eigenvalue weighted by molar-refractivity contribution is 0.475. The van der Waals surface area contributed by atoms with E-state index < -0.39 is 0 Å². The van der Waals surface area contributed by atoms with Crippen LogP contribution < -0.4 is 0 Å². The first-order chi connectivity index (χ1) is 11.0. The van der Waals surface area contributed by atoms with Gasteiger partial charge in [0, 0.05) is 14.9 Å². The van der Waals surface area contributed by atoms with Crippen molar-refractivity contribution in [3.8, 4) is 11.5 Å². The second-order valence-corrected chi connectivity index (χ2v) is 7.00. The van der Waals surface area contributed by atoms with Crippen LogP contribution in [0, 0.1) is 0 Å². The van der Waals surface area contributed by atoms with Crippen LogP contribution >= 0.6 is 31.9 Å². The highest BCUT2D eigenvalue weighted by Crippen LogP contribution is 2.36. The van der Waals surface area contributed by atoms with Crippen molar-refractivity contribution in [2.75, 3.05) is 0 Å². The quantitative estimate of drug-likeness (QED) is 0.512.